The van der Waals surface area contributed by atoms with E-state index >= 15 is 0 Å². The zero-order valence-electron chi connectivity index (χ0n) is 13.1. The predicted molar refractivity (Wildman–Crippen MR) is 111 cm³/mol. The van der Waals surface area contributed by atoms with Crippen LogP contribution in [-0.2, 0) is 0 Å². The Balaban J connectivity index is 2.06. The van der Waals surface area contributed by atoms with Gasteiger partial charge in [0, 0.05) is 26.5 Å². The number of aromatic amines is 1. The third-order valence-electron chi connectivity index (χ3n) is 3.79. The van der Waals surface area contributed by atoms with E-state index in [0.29, 0.717) is 16.4 Å². The van der Waals surface area contributed by atoms with E-state index < -0.39 is 0 Å². The molecule has 0 radical (unpaired) electrons. The van der Waals surface area contributed by atoms with E-state index in [1.165, 1.54) is 17.7 Å². The van der Waals surface area contributed by atoms with E-state index in [1.54, 1.807) is 12.4 Å². The van der Waals surface area contributed by atoms with E-state index in [1.807, 2.05) is 30.3 Å². The van der Waals surface area contributed by atoms with Crippen molar-refractivity contribution in [3.8, 4) is 38.3 Å². The van der Waals surface area contributed by atoms with E-state index in [9.17, 15) is 5.26 Å². The largest absolute Gasteiger partial charge is 0.327 e. The van der Waals surface area contributed by atoms with Gasteiger partial charge in [0.2, 0.25) is 0 Å². The Labute approximate surface area is 171 Å². The minimum absolute atomic E-state index is 0.604. The molecule has 0 spiro atoms. The molecule has 0 unspecified atom stereocenters. The van der Waals surface area contributed by atoms with Crippen LogP contribution < -0.4 is 0 Å². The fourth-order valence-electron chi connectivity index (χ4n) is 2.68. The van der Waals surface area contributed by atoms with Crippen molar-refractivity contribution in [1.82, 2.24) is 20.2 Å². The van der Waals surface area contributed by atoms with Crippen LogP contribution in [0.3, 0.4) is 0 Å². The average molecular weight is 490 g/mol. The van der Waals surface area contributed by atoms with Crippen LogP contribution >= 0.6 is 45.5 Å². The Hall–Kier alpha value is -2.28. The summed E-state index contributed by atoms with van der Waals surface area (Å²) >= 11 is 9.86. The summed E-state index contributed by atoms with van der Waals surface area (Å²) in [4.78, 5) is 8.86. The van der Waals surface area contributed by atoms with E-state index in [0.717, 1.165) is 30.0 Å². The maximum absolute atomic E-state index is 9.94. The molecule has 0 aliphatic carbocycles. The van der Waals surface area contributed by atoms with Crippen molar-refractivity contribution in [2.75, 3.05) is 0 Å². The van der Waals surface area contributed by atoms with Crippen molar-refractivity contribution < 1.29 is 0 Å². The van der Waals surface area contributed by atoms with Crippen LogP contribution in [0.1, 0.15) is 5.56 Å². The minimum Gasteiger partial charge on any atom is -0.327 e. The Morgan fingerprint density at radius 1 is 1.15 bits per heavy atom. The van der Waals surface area contributed by atoms with Gasteiger partial charge in [-0.1, -0.05) is 17.7 Å². The first-order valence-electron chi connectivity index (χ1n) is 7.48. The lowest BCUT2D eigenvalue weighted by Gasteiger charge is -2.07. The lowest BCUT2D eigenvalue weighted by Crippen LogP contribution is -1.89. The number of pyridine rings is 1. The Bertz CT molecular complexity index is 1120. The molecule has 1 N–H and O–H groups in total. The van der Waals surface area contributed by atoms with Gasteiger partial charge in [-0.2, -0.15) is 5.26 Å². The molecule has 3 aromatic heterocycles. The second kappa shape index (κ2) is 7.15. The minimum atomic E-state index is 0.604. The SMILES string of the molecule is N#Cc1c(-c2ccncc2)sc(-c2nnc[nH]2)c1-c1ccc(Cl)cc1I. The Morgan fingerprint density at radius 2 is 1.96 bits per heavy atom. The maximum atomic E-state index is 9.94. The molecular weight excluding hydrogens is 481 g/mol. The van der Waals surface area contributed by atoms with Crippen molar-refractivity contribution in [3.05, 3.63) is 63.2 Å². The van der Waals surface area contributed by atoms with Crippen molar-refractivity contribution in [1.29, 1.82) is 5.26 Å². The molecular formula is C18H9ClIN5S. The molecule has 0 aliphatic heterocycles. The number of nitrogens with zero attached hydrogens (tertiary/aromatic N) is 4. The standard InChI is InChI=1S/C18H9ClIN5S/c19-11-1-2-12(14(20)7-11)15-13(8-21)16(10-3-5-22-6-4-10)26-17(15)18-23-9-24-25-18/h1-7,9H,(H,23,24,25). The Kier molecular flexibility index (Phi) is 4.72. The first-order valence-corrected chi connectivity index (χ1v) is 9.75. The highest BCUT2D eigenvalue weighted by atomic mass is 127. The summed E-state index contributed by atoms with van der Waals surface area (Å²) in [6.45, 7) is 0. The molecule has 0 fully saturated rings. The average Bonchev–Trinajstić information content (AvgIpc) is 3.30. The van der Waals surface area contributed by atoms with E-state index in [2.05, 4.69) is 48.8 Å². The fraction of sp³-hybridized carbons (Fsp3) is 0. The maximum Gasteiger partial charge on any atom is 0.171 e. The molecule has 0 saturated heterocycles. The van der Waals surface area contributed by atoms with Gasteiger partial charge >= 0.3 is 0 Å². The zero-order chi connectivity index (χ0) is 18.1. The molecule has 8 heteroatoms. The Morgan fingerprint density at radius 3 is 2.62 bits per heavy atom. The van der Waals surface area contributed by atoms with Gasteiger partial charge in [0.15, 0.2) is 5.82 Å². The molecule has 0 bridgehead atoms. The van der Waals surface area contributed by atoms with E-state index in [-0.39, 0.29) is 0 Å². The van der Waals surface area contributed by atoms with Gasteiger partial charge < -0.3 is 4.98 Å². The van der Waals surface area contributed by atoms with Gasteiger partial charge in [-0.15, -0.1) is 21.5 Å². The van der Waals surface area contributed by atoms with Gasteiger partial charge in [0.25, 0.3) is 0 Å². The number of H-pyrrole nitrogens is 1. The monoisotopic (exact) mass is 489 g/mol. The number of hydrogen-bond acceptors (Lipinski definition) is 5. The number of benzene rings is 1. The lowest BCUT2D eigenvalue weighted by atomic mass is 9.99. The number of hydrogen-bond donors (Lipinski definition) is 1. The number of nitrogens with one attached hydrogen (secondary N) is 1. The smallest absolute Gasteiger partial charge is 0.171 e. The molecule has 0 atom stereocenters. The number of nitriles is 1. The fourth-order valence-corrected chi connectivity index (χ4v) is 5.04. The second-order valence-electron chi connectivity index (χ2n) is 5.32. The number of rotatable bonds is 3. The quantitative estimate of drug-likeness (QED) is 0.391. The summed E-state index contributed by atoms with van der Waals surface area (Å²) < 4.78 is 0.964. The van der Waals surface area contributed by atoms with Gasteiger partial charge in [-0.25, -0.2) is 0 Å². The van der Waals surface area contributed by atoms with Crippen LogP contribution in [0.15, 0.2) is 49.1 Å². The summed E-state index contributed by atoms with van der Waals surface area (Å²) in [5, 5.41) is 18.6. The highest BCUT2D eigenvalue weighted by Crippen LogP contribution is 2.47. The molecule has 126 valence electrons. The molecule has 26 heavy (non-hydrogen) atoms. The van der Waals surface area contributed by atoms with Crippen LogP contribution in [0.2, 0.25) is 5.02 Å². The number of halogens is 2. The molecule has 1 aromatic carbocycles. The normalized spacial score (nSPS) is 10.7. The van der Waals surface area contributed by atoms with Gasteiger partial charge in [0.05, 0.1) is 15.3 Å². The summed E-state index contributed by atoms with van der Waals surface area (Å²) in [6, 6.07) is 11.8. The first kappa shape index (κ1) is 17.1. The van der Waals surface area contributed by atoms with Crippen molar-refractivity contribution in [3.63, 3.8) is 0 Å². The second-order valence-corrected chi connectivity index (χ2v) is 7.94. The van der Waals surface area contributed by atoms with Crippen molar-refractivity contribution in [2.24, 2.45) is 0 Å². The lowest BCUT2D eigenvalue weighted by molar-refractivity contribution is 1.10. The van der Waals surface area contributed by atoms with E-state index in [4.69, 9.17) is 11.6 Å². The summed E-state index contributed by atoms with van der Waals surface area (Å²) in [6.07, 6.45) is 4.97. The van der Waals surface area contributed by atoms with Gasteiger partial charge in [0.1, 0.15) is 12.4 Å². The first-order chi connectivity index (χ1) is 12.7. The van der Waals surface area contributed by atoms with Crippen molar-refractivity contribution in [2.45, 2.75) is 0 Å². The highest BCUT2D eigenvalue weighted by Gasteiger charge is 2.24. The molecule has 0 amide bonds. The van der Waals surface area contributed by atoms with Crippen LogP contribution in [0.5, 0.6) is 0 Å². The van der Waals surface area contributed by atoms with Gasteiger partial charge in [-0.3, -0.25) is 4.98 Å². The molecule has 5 nitrogen and oxygen atoms in total. The molecule has 0 aliphatic rings. The highest BCUT2D eigenvalue weighted by molar-refractivity contribution is 14.1. The molecule has 3 heterocycles. The zero-order valence-corrected chi connectivity index (χ0v) is 16.8. The number of aromatic nitrogens is 4. The summed E-state index contributed by atoms with van der Waals surface area (Å²) in [5.74, 6) is 0.632. The topological polar surface area (TPSA) is 78.2 Å². The third-order valence-corrected chi connectivity index (χ3v) is 6.17. The molecule has 0 saturated carbocycles. The van der Waals surface area contributed by atoms with Crippen LogP contribution in [-0.4, -0.2) is 20.2 Å². The molecule has 4 rings (SSSR count). The summed E-state index contributed by atoms with van der Waals surface area (Å²) in [5.41, 5.74) is 3.32. The van der Waals surface area contributed by atoms with Gasteiger partial charge in [-0.05, 0) is 58.0 Å². The number of thiophene rings is 1. The summed E-state index contributed by atoms with van der Waals surface area (Å²) in [7, 11) is 0. The predicted octanol–water partition coefficient (Wildman–Crippen LogP) is 5.39. The van der Waals surface area contributed by atoms with Crippen LogP contribution in [0.25, 0.3) is 32.3 Å². The molecule has 4 aromatic rings. The third kappa shape index (κ3) is 3.00. The van der Waals surface area contributed by atoms with Crippen molar-refractivity contribution >= 4 is 45.5 Å². The van der Waals surface area contributed by atoms with Crippen LogP contribution in [0.4, 0.5) is 0 Å². The van der Waals surface area contributed by atoms with Crippen LogP contribution in [0, 0.1) is 14.9 Å².